The van der Waals surface area contributed by atoms with E-state index in [1.165, 1.54) is 9.91 Å². The Balaban J connectivity index is 1.13. The third-order valence-electron chi connectivity index (χ3n) is 15.0. The summed E-state index contributed by atoms with van der Waals surface area (Å²) in [4.78, 5) is 78.6. The molecule has 2 aromatic heterocycles. The Labute approximate surface area is 413 Å². The van der Waals surface area contributed by atoms with Gasteiger partial charge in [0.2, 0.25) is 11.8 Å². The molecule has 14 nitrogen and oxygen atoms in total. The zero-order chi connectivity index (χ0) is 50.1. The van der Waals surface area contributed by atoms with E-state index in [2.05, 4.69) is 91.2 Å². The predicted octanol–water partition coefficient (Wildman–Crippen LogP) is 7.27. The number of rotatable bonds is 9. The highest BCUT2D eigenvalue weighted by molar-refractivity contribution is 5.97. The Morgan fingerprint density at radius 1 is 1.00 bits per heavy atom. The monoisotopic (exact) mass is 954 g/mol. The van der Waals surface area contributed by atoms with Crippen molar-refractivity contribution in [1.82, 2.24) is 35.1 Å². The Morgan fingerprint density at radius 2 is 1.77 bits per heavy atom. The number of esters is 1. The van der Waals surface area contributed by atoms with Gasteiger partial charge in [-0.25, -0.2) is 5.43 Å². The van der Waals surface area contributed by atoms with Gasteiger partial charge < -0.3 is 29.2 Å². The van der Waals surface area contributed by atoms with Crippen molar-refractivity contribution in [2.24, 2.45) is 22.7 Å². The summed E-state index contributed by atoms with van der Waals surface area (Å²) in [6, 6.07) is 15.9. The van der Waals surface area contributed by atoms with E-state index in [1.807, 2.05) is 39.0 Å². The van der Waals surface area contributed by atoms with Gasteiger partial charge in [0.25, 0.3) is 11.8 Å². The molecule has 14 heteroatoms. The number of hydrazine groups is 1. The predicted molar refractivity (Wildman–Crippen MR) is 269 cm³/mol. The molecule has 2 saturated heterocycles. The number of pyridine rings is 1. The minimum Gasteiger partial charge on any atom is -0.464 e. The molecule has 1 saturated carbocycles. The number of aryl methyl sites for hydroxylation is 1. The maximum Gasteiger partial charge on any atom is 0.324 e. The third kappa shape index (κ3) is 10.5. The van der Waals surface area contributed by atoms with Crippen LogP contribution in [-0.4, -0.2) is 112 Å². The number of methoxy groups -OCH3 is 1. The fourth-order valence-corrected chi connectivity index (χ4v) is 10.9. The van der Waals surface area contributed by atoms with Crippen molar-refractivity contribution in [1.29, 1.82) is 0 Å². The summed E-state index contributed by atoms with van der Waals surface area (Å²) in [6.45, 7) is 16.0. The lowest BCUT2D eigenvalue weighted by Gasteiger charge is -2.37. The number of likely N-dealkylation sites (tertiary alicyclic amines) is 1. The average Bonchev–Trinajstić information content (AvgIpc) is 3.96. The van der Waals surface area contributed by atoms with Crippen LogP contribution < -0.4 is 10.7 Å². The molecule has 0 unspecified atom stereocenters. The number of likely N-dealkylation sites (N-methyl/N-ethyl adjacent to an activating group) is 1. The van der Waals surface area contributed by atoms with Gasteiger partial charge in [-0.2, -0.15) is 0 Å². The van der Waals surface area contributed by atoms with E-state index in [9.17, 15) is 24.0 Å². The molecule has 372 valence electrons. The maximum absolute atomic E-state index is 14.8. The molecule has 6 bridgehead atoms. The van der Waals surface area contributed by atoms with Gasteiger partial charge in [-0.15, -0.1) is 0 Å². The first-order chi connectivity index (χ1) is 33.4. The largest absolute Gasteiger partial charge is 0.464 e. The quantitative estimate of drug-likeness (QED) is 0.130. The van der Waals surface area contributed by atoms with Gasteiger partial charge in [0.05, 0.1) is 30.0 Å². The minimum atomic E-state index is -1.05. The Morgan fingerprint density at radius 3 is 2.49 bits per heavy atom. The summed E-state index contributed by atoms with van der Waals surface area (Å²) in [5.41, 5.74) is 10.4. The molecule has 70 heavy (non-hydrogen) atoms. The normalized spacial score (nSPS) is 22.0. The van der Waals surface area contributed by atoms with Gasteiger partial charge in [-0.1, -0.05) is 70.4 Å². The molecule has 5 atom stereocenters. The lowest BCUT2D eigenvalue weighted by Crippen LogP contribution is -2.62. The van der Waals surface area contributed by atoms with Crippen LogP contribution in [0.5, 0.6) is 0 Å². The summed E-state index contributed by atoms with van der Waals surface area (Å²) < 4.78 is 14.3. The number of carbonyl (C=O) groups is 5. The van der Waals surface area contributed by atoms with Gasteiger partial charge in [-0.3, -0.25) is 34.0 Å². The molecule has 0 spiro atoms. The summed E-state index contributed by atoms with van der Waals surface area (Å²) in [6.07, 6.45) is 6.85. The second kappa shape index (κ2) is 20.7. The van der Waals surface area contributed by atoms with Crippen LogP contribution in [0, 0.1) is 34.5 Å². The number of hydrogen-bond donors (Lipinski definition) is 2. The molecule has 5 heterocycles. The van der Waals surface area contributed by atoms with Crippen LogP contribution in [-0.2, 0) is 52.8 Å². The number of amides is 4. The highest BCUT2D eigenvalue weighted by Crippen LogP contribution is 2.42. The fourth-order valence-electron chi connectivity index (χ4n) is 10.9. The van der Waals surface area contributed by atoms with Gasteiger partial charge >= 0.3 is 5.97 Å². The van der Waals surface area contributed by atoms with E-state index in [0.717, 1.165) is 69.4 Å². The highest BCUT2D eigenvalue weighted by Gasteiger charge is 2.41. The number of fused-ring (bicyclic) bond motifs is 6. The molecule has 4 amide bonds. The van der Waals surface area contributed by atoms with E-state index in [0.29, 0.717) is 45.3 Å². The molecule has 4 aliphatic rings. The standard InChI is InChI=1S/C56H71N7O7/c1-10-62-46-20-19-39-31-42(46)43(50(62)41-17-12-26-57-48(41)36(4)69-9)32-55(5,6)34-70-54(68)44-18-13-27-63(59-44)53(67)45(30-37-15-11-16-38(39)29-37)58-51(65)49(35(2)3)60(8)52(66)40-22-28-61(33-40)47(64)21-25-56(7)23-14-24-56/h11-12,15-17,19-20,26,29,31,35-36,40,44-45,49,59H,10,13-14,18,22-24,27-28,30,32-34H2,1-9H3,(H,58,65)/t36-,40-,44-,45-,49-/m0/s1. The Hall–Kier alpha value is -6.04. The van der Waals surface area contributed by atoms with Crippen molar-refractivity contribution in [2.45, 2.75) is 131 Å². The minimum absolute atomic E-state index is 0.117. The van der Waals surface area contributed by atoms with Gasteiger partial charge in [0.15, 0.2) is 0 Å². The second-order valence-corrected chi connectivity index (χ2v) is 21.4. The number of ether oxygens (including phenoxy) is 2. The van der Waals surface area contributed by atoms with E-state index in [1.54, 1.807) is 25.3 Å². The van der Waals surface area contributed by atoms with Crippen LogP contribution in [0.2, 0.25) is 0 Å². The van der Waals surface area contributed by atoms with E-state index >= 15 is 0 Å². The number of nitrogens with zero attached hydrogens (tertiary/aromatic N) is 5. The van der Waals surface area contributed by atoms with Crippen LogP contribution in [0.4, 0.5) is 0 Å². The molecular formula is C56H71N7O7. The van der Waals surface area contributed by atoms with Gasteiger partial charge in [-0.05, 0) is 118 Å². The maximum atomic E-state index is 14.8. The topological polar surface area (TPSA) is 155 Å². The third-order valence-corrected chi connectivity index (χ3v) is 15.0. The van der Waals surface area contributed by atoms with E-state index < -0.39 is 47.2 Å². The second-order valence-electron chi connectivity index (χ2n) is 21.4. The van der Waals surface area contributed by atoms with Crippen molar-refractivity contribution >= 4 is 40.5 Å². The van der Waals surface area contributed by atoms with Crippen LogP contribution in [0.25, 0.3) is 33.3 Å². The first-order valence-corrected chi connectivity index (χ1v) is 25.3. The van der Waals surface area contributed by atoms with Crippen molar-refractivity contribution in [3.63, 3.8) is 0 Å². The van der Waals surface area contributed by atoms with Crippen LogP contribution in [0.3, 0.4) is 0 Å². The lowest BCUT2D eigenvalue weighted by molar-refractivity contribution is -0.155. The number of nitrogens with one attached hydrogen (secondary N) is 2. The summed E-state index contributed by atoms with van der Waals surface area (Å²) in [5.74, 6) is 3.37. The molecule has 2 aromatic carbocycles. The van der Waals surface area contributed by atoms with Crippen molar-refractivity contribution in [3.8, 4) is 34.2 Å². The smallest absolute Gasteiger partial charge is 0.324 e. The summed E-state index contributed by atoms with van der Waals surface area (Å²) in [7, 11) is 3.32. The molecule has 3 aliphatic heterocycles. The lowest BCUT2D eigenvalue weighted by atomic mass is 9.71. The molecule has 1 aliphatic carbocycles. The van der Waals surface area contributed by atoms with Gasteiger partial charge in [0, 0.05) is 80.3 Å². The fraction of sp³-hybridized carbons (Fsp3) is 0.536. The molecular weight excluding hydrogens is 883 g/mol. The Bertz CT molecular complexity index is 2710. The van der Waals surface area contributed by atoms with Crippen molar-refractivity contribution < 1.29 is 33.4 Å². The van der Waals surface area contributed by atoms with Crippen molar-refractivity contribution in [3.05, 3.63) is 77.6 Å². The molecule has 8 rings (SSSR count). The van der Waals surface area contributed by atoms with Gasteiger partial charge in [0.1, 0.15) is 18.1 Å². The summed E-state index contributed by atoms with van der Waals surface area (Å²) in [5, 5.41) is 5.61. The SMILES string of the molecule is CCn1c(-c2cccnc2[C@H](C)OC)c2c3cc(ccc31)-c1cccc(c1)C[C@H](NC(=O)[C@H](C(C)C)N(C)C(=O)[C@H]1CCN(C(=O)C#CC3(C)CCC3)C1)C(=O)N1CCC[C@H](N1)C(=O)OCC(C)(C)C2. The number of aromatic nitrogens is 2. The van der Waals surface area contributed by atoms with E-state index in [4.69, 9.17) is 14.5 Å². The van der Waals surface area contributed by atoms with Crippen LogP contribution in [0.1, 0.15) is 110 Å². The molecule has 4 aromatic rings. The first-order valence-electron chi connectivity index (χ1n) is 25.3. The summed E-state index contributed by atoms with van der Waals surface area (Å²) >= 11 is 0. The zero-order valence-corrected chi connectivity index (χ0v) is 42.5. The zero-order valence-electron chi connectivity index (χ0n) is 42.5. The molecule has 3 fully saturated rings. The number of cyclic esters (lactones) is 1. The van der Waals surface area contributed by atoms with Crippen LogP contribution in [0.15, 0.2) is 60.8 Å². The number of carbonyl (C=O) groups excluding carboxylic acids is 5. The van der Waals surface area contributed by atoms with E-state index in [-0.39, 0.29) is 48.8 Å². The Kier molecular flexibility index (Phi) is 14.9. The number of hydrogen-bond acceptors (Lipinski definition) is 9. The molecule has 0 radical (unpaired) electrons. The molecule has 2 N–H and O–H groups in total. The highest BCUT2D eigenvalue weighted by atomic mass is 16.5. The van der Waals surface area contributed by atoms with Crippen molar-refractivity contribution in [2.75, 3.05) is 40.4 Å². The number of benzene rings is 2. The average molecular weight is 954 g/mol. The first kappa shape index (κ1) is 50.4. The van der Waals surface area contributed by atoms with Crippen LogP contribution >= 0.6 is 0 Å².